The van der Waals surface area contributed by atoms with Gasteiger partial charge in [-0.15, -0.1) is 0 Å². The van der Waals surface area contributed by atoms with Crippen LogP contribution < -0.4 is 31.1 Å². The summed E-state index contributed by atoms with van der Waals surface area (Å²) < 4.78 is 25.0. The molecule has 55 heavy (non-hydrogen) atoms. The number of rotatable bonds is 12. The van der Waals surface area contributed by atoms with Crippen LogP contribution in [0.25, 0.3) is 0 Å². The molecule has 7 heteroatoms. The van der Waals surface area contributed by atoms with Gasteiger partial charge >= 0.3 is 346 Å². The molecule has 3 nitrogen and oxygen atoms in total. The molecule has 0 aliphatic rings. The summed E-state index contributed by atoms with van der Waals surface area (Å²) in [5, 5.41) is 6.55. The molecule has 0 atom stereocenters. The van der Waals surface area contributed by atoms with Crippen LogP contribution in [0.2, 0.25) is 15.1 Å². The summed E-state index contributed by atoms with van der Waals surface area (Å²) in [6, 6.07) is 65.8. The molecule has 6 aromatic rings. The van der Waals surface area contributed by atoms with E-state index in [1.165, 1.54) is 31.1 Å². The molecule has 0 unspecified atom stereocenters. The summed E-state index contributed by atoms with van der Waals surface area (Å²) in [6.07, 6.45) is 0. The van der Waals surface area contributed by atoms with E-state index in [0.29, 0.717) is 0 Å². The van der Waals surface area contributed by atoms with Crippen molar-refractivity contribution in [2.75, 3.05) is 0 Å². The van der Waals surface area contributed by atoms with Crippen LogP contribution in [0.3, 0.4) is 0 Å². The molecule has 0 fully saturated rings. The molecule has 0 aliphatic heterocycles. The van der Waals surface area contributed by atoms with Crippen molar-refractivity contribution in [3.8, 4) is 0 Å². The Kier molecular flexibility index (Phi) is 12.5. The van der Waals surface area contributed by atoms with Gasteiger partial charge in [0.1, 0.15) is 0 Å². The predicted octanol–water partition coefficient (Wildman–Crippen LogP) is 8.70. The molecule has 0 bridgehead atoms. The van der Waals surface area contributed by atoms with Gasteiger partial charge in [0.2, 0.25) is 0 Å². The molecule has 0 aromatic heterocycles. The Hall–Kier alpha value is -3.27. The van der Waals surface area contributed by atoms with Crippen LogP contribution in [-0.2, 0) is 7.51 Å². The summed E-state index contributed by atoms with van der Waals surface area (Å²) in [4.78, 5) is 0. The average Bonchev–Trinajstić information content (AvgIpc) is 3.18. The van der Waals surface area contributed by atoms with E-state index in [2.05, 4.69) is 244 Å². The van der Waals surface area contributed by atoms with Crippen molar-refractivity contribution in [1.82, 2.24) is 0 Å². The first-order valence-corrected chi connectivity index (χ1v) is 29.4. The van der Waals surface area contributed by atoms with Crippen molar-refractivity contribution in [3.05, 3.63) is 182 Å². The van der Waals surface area contributed by atoms with Crippen molar-refractivity contribution in [2.45, 2.75) is 77.4 Å². The molecule has 284 valence electrons. The van der Waals surface area contributed by atoms with Gasteiger partial charge in [0.25, 0.3) is 0 Å². The summed E-state index contributed by atoms with van der Waals surface area (Å²) in [5.41, 5.74) is 0. The molecule has 0 radical (unpaired) electrons. The zero-order valence-electron chi connectivity index (χ0n) is 34.0. The fourth-order valence-electron chi connectivity index (χ4n) is 8.25. The average molecular weight is 975 g/mol. The van der Waals surface area contributed by atoms with E-state index in [9.17, 15) is 0 Å². The number of benzene rings is 6. The maximum absolute atomic E-state index is 8.33. The van der Waals surface area contributed by atoms with Crippen LogP contribution in [0.4, 0.5) is 0 Å². The maximum atomic E-state index is 8.33. The minimum absolute atomic E-state index is 0.271. The summed E-state index contributed by atoms with van der Waals surface area (Å²) in [7, 11) is -9.45. The fourth-order valence-corrected chi connectivity index (χ4v) is 49.7. The van der Waals surface area contributed by atoms with Gasteiger partial charge in [-0.25, -0.2) is 0 Å². The predicted molar refractivity (Wildman–Crippen MR) is 242 cm³/mol. The zero-order valence-corrected chi connectivity index (χ0v) is 40.5. The van der Waals surface area contributed by atoms with E-state index in [4.69, 9.17) is 7.51 Å². The van der Waals surface area contributed by atoms with Crippen LogP contribution in [0.15, 0.2) is 182 Å². The first-order valence-electron chi connectivity index (χ1n) is 19.4. The van der Waals surface area contributed by atoms with E-state index >= 15 is 0 Å². The van der Waals surface area contributed by atoms with E-state index in [-0.39, 0.29) is 15.1 Å². The Labute approximate surface area is 343 Å². The van der Waals surface area contributed by atoms with Gasteiger partial charge in [-0.05, 0) is 0 Å². The van der Waals surface area contributed by atoms with Crippen molar-refractivity contribution < 1.29 is 7.51 Å². The molecular weight excluding hydrogens is 918 g/mol. The zero-order chi connectivity index (χ0) is 39.4. The first-order chi connectivity index (χ1) is 26.2. The molecule has 0 aliphatic carbocycles. The molecule has 0 amide bonds. The molecule has 0 saturated heterocycles. The van der Waals surface area contributed by atoms with E-state index in [1.54, 1.807) is 0 Å². The number of hydrogen-bond donors (Lipinski definition) is 0. The van der Waals surface area contributed by atoms with Crippen LogP contribution in [-0.4, -0.2) is 48.0 Å². The summed E-state index contributed by atoms with van der Waals surface area (Å²) >= 11 is -4.26. The Morgan fingerprint density at radius 1 is 0.273 bits per heavy atom. The van der Waals surface area contributed by atoms with Gasteiger partial charge in [0.05, 0.1) is 0 Å². The first kappa shape index (κ1) is 41.4. The molecule has 0 N–H and O–H groups in total. The molecular formula is C48H57BiO3Si3. The minimum atomic E-state index is -4.26. The van der Waals surface area contributed by atoms with Crippen LogP contribution in [0, 0.1) is 0 Å². The second kappa shape index (κ2) is 16.7. The molecule has 0 spiro atoms. The van der Waals surface area contributed by atoms with Gasteiger partial charge in [0.15, 0.2) is 0 Å². The van der Waals surface area contributed by atoms with E-state index < -0.39 is 48.0 Å². The standard InChI is InChI=1S/3C16H19OSi.Bi/c3*1-16(2,3)18(17,14-10-6-4-7-11-14)15-12-8-5-9-13-15;/h3*4-13H,1-3H3;/q3*-1;+3. The van der Waals surface area contributed by atoms with E-state index in [1.807, 2.05) is 0 Å². The van der Waals surface area contributed by atoms with Crippen molar-refractivity contribution in [3.63, 3.8) is 0 Å². The van der Waals surface area contributed by atoms with Crippen molar-refractivity contribution >= 4 is 79.1 Å². The third kappa shape index (κ3) is 8.00. The Balaban J connectivity index is 1.73. The van der Waals surface area contributed by atoms with Gasteiger partial charge in [-0.1, -0.05) is 0 Å². The summed E-state index contributed by atoms with van der Waals surface area (Å²) in [6.45, 7) is 21.2. The Bertz CT molecular complexity index is 1720. The quantitative estimate of drug-likeness (QED) is 0.115. The van der Waals surface area contributed by atoms with Gasteiger partial charge in [0, 0.05) is 0 Å². The van der Waals surface area contributed by atoms with Crippen LogP contribution in [0.5, 0.6) is 0 Å². The fraction of sp³-hybridized carbons (Fsp3) is 0.250. The third-order valence-electron chi connectivity index (χ3n) is 10.9. The van der Waals surface area contributed by atoms with Crippen molar-refractivity contribution in [1.29, 1.82) is 0 Å². The van der Waals surface area contributed by atoms with Gasteiger partial charge < -0.3 is 0 Å². The second-order valence-electron chi connectivity index (χ2n) is 17.5. The third-order valence-corrected chi connectivity index (χ3v) is 40.2. The molecule has 6 aromatic carbocycles. The summed E-state index contributed by atoms with van der Waals surface area (Å²) in [5.74, 6) is 0. The van der Waals surface area contributed by atoms with Gasteiger partial charge in [-0.2, -0.15) is 0 Å². The molecule has 6 rings (SSSR count). The normalized spacial score (nSPS) is 13.2. The van der Waals surface area contributed by atoms with E-state index in [0.717, 1.165) is 0 Å². The monoisotopic (exact) mass is 974 g/mol. The molecule has 0 saturated carbocycles. The van der Waals surface area contributed by atoms with Crippen LogP contribution >= 0.6 is 0 Å². The number of hydrogen-bond acceptors (Lipinski definition) is 3. The molecule has 0 heterocycles. The second-order valence-corrected chi connectivity index (χ2v) is 38.2. The van der Waals surface area contributed by atoms with Gasteiger partial charge in [-0.3, -0.25) is 0 Å². The van der Waals surface area contributed by atoms with Crippen LogP contribution in [0.1, 0.15) is 62.3 Å². The van der Waals surface area contributed by atoms with Crippen molar-refractivity contribution in [2.24, 2.45) is 0 Å². The Morgan fingerprint density at radius 2 is 0.418 bits per heavy atom. The SMILES string of the molecule is CC(C)(C)[Si]([O][Bi]([O][Si](c1ccccc1)(c1ccccc1)C(C)(C)C)[O][Si](c1ccccc1)(c1ccccc1)C(C)(C)C)(c1ccccc1)c1ccccc1. The topological polar surface area (TPSA) is 27.7 Å². The Morgan fingerprint density at radius 3 is 0.545 bits per heavy atom.